The van der Waals surface area contributed by atoms with Crippen LogP contribution >= 0.6 is 22.9 Å². The number of hydrogen-bond acceptors (Lipinski definition) is 8. The maximum Gasteiger partial charge on any atom is 0.338 e. The summed E-state index contributed by atoms with van der Waals surface area (Å²) in [5.74, 6) is -0.125. The van der Waals surface area contributed by atoms with Crippen molar-refractivity contribution in [3.63, 3.8) is 0 Å². The number of esters is 1. The summed E-state index contributed by atoms with van der Waals surface area (Å²) in [6, 6.07) is 14.4. The first-order valence-electron chi connectivity index (χ1n) is 12.8. The summed E-state index contributed by atoms with van der Waals surface area (Å²) < 4.78 is 18.7. The number of carboxylic acids is 1. The van der Waals surface area contributed by atoms with E-state index in [-0.39, 0.29) is 28.3 Å². The van der Waals surface area contributed by atoms with Gasteiger partial charge in [0.15, 0.2) is 4.80 Å². The van der Waals surface area contributed by atoms with Gasteiger partial charge in [-0.1, -0.05) is 41.1 Å². The van der Waals surface area contributed by atoms with Crippen LogP contribution in [0, 0.1) is 0 Å². The van der Waals surface area contributed by atoms with E-state index in [1.807, 2.05) is 19.1 Å². The molecule has 210 valence electrons. The molecule has 0 bridgehead atoms. The molecule has 9 nitrogen and oxygen atoms in total. The standard InChI is InChI=1S/C30H25ClN2O7S/c1-4-38-19-9-6-17(7-10-19)26-25(29(37)39-5-2)16(3)32-30-33(26)27(34)24(41-30)15-20-11-13-23(40-20)18-8-12-21(28(35)36)22(31)14-18/h6-15,26H,4-5H2,1-3H3,(H,35,36)/b24-15-/t26-/m1/s1. The van der Waals surface area contributed by atoms with Crippen molar-refractivity contribution in [2.45, 2.75) is 26.8 Å². The zero-order valence-corrected chi connectivity index (χ0v) is 23.9. The Kier molecular flexibility index (Phi) is 7.96. The number of halogens is 1. The predicted octanol–water partition coefficient (Wildman–Crippen LogP) is 4.81. The molecule has 11 heteroatoms. The Bertz CT molecular complexity index is 1870. The minimum atomic E-state index is -1.12. The number of carboxylic acid groups (broad SMARTS) is 1. The van der Waals surface area contributed by atoms with Gasteiger partial charge in [-0.15, -0.1) is 0 Å². The molecule has 0 amide bonds. The van der Waals surface area contributed by atoms with Crippen LogP contribution in [0.1, 0.15) is 48.5 Å². The molecule has 4 aromatic rings. The van der Waals surface area contributed by atoms with Crippen molar-refractivity contribution in [2.24, 2.45) is 4.99 Å². The molecule has 0 saturated heterocycles. The first-order valence-corrected chi connectivity index (χ1v) is 14.0. The molecule has 5 rings (SSSR count). The van der Waals surface area contributed by atoms with Crippen LogP contribution in [0.2, 0.25) is 5.02 Å². The van der Waals surface area contributed by atoms with Gasteiger partial charge in [-0.25, -0.2) is 14.6 Å². The van der Waals surface area contributed by atoms with Gasteiger partial charge in [0.05, 0.1) is 45.6 Å². The fourth-order valence-corrected chi connectivity index (χ4v) is 5.86. The number of furan rings is 1. The van der Waals surface area contributed by atoms with E-state index in [1.54, 1.807) is 50.3 Å². The molecule has 41 heavy (non-hydrogen) atoms. The molecule has 1 atom stereocenters. The lowest BCUT2D eigenvalue weighted by Crippen LogP contribution is -2.39. The van der Waals surface area contributed by atoms with E-state index in [4.69, 9.17) is 25.5 Å². The van der Waals surface area contributed by atoms with E-state index in [0.717, 1.165) is 0 Å². The van der Waals surface area contributed by atoms with Gasteiger partial charge in [0, 0.05) is 11.6 Å². The number of benzene rings is 2. The molecule has 2 aromatic carbocycles. The molecule has 3 heterocycles. The van der Waals surface area contributed by atoms with Crippen LogP contribution < -0.4 is 19.6 Å². The van der Waals surface area contributed by atoms with Gasteiger partial charge in [-0.2, -0.15) is 0 Å². The van der Waals surface area contributed by atoms with E-state index >= 15 is 0 Å². The number of ether oxygens (including phenoxy) is 2. The van der Waals surface area contributed by atoms with Gasteiger partial charge in [-0.3, -0.25) is 9.36 Å². The van der Waals surface area contributed by atoms with Crippen molar-refractivity contribution >= 4 is 41.0 Å². The van der Waals surface area contributed by atoms with Crippen LogP contribution in [0.5, 0.6) is 5.75 Å². The van der Waals surface area contributed by atoms with E-state index in [2.05, 4.69) is 4.99 Å². The molecule has 0 aliphatic carbocycles. The number of hydrogen-bond donors (Lipinski definition) is 1. The van der Waals surface area contributed by atoms with Crippen LogP contribution in [0.4, 0.5) is 0 Å². The minimum absolute atomic E-state index is 0.0112. The summed E-state index contributed by atoms with van der Waals surface area (Å²) in [5, 5.41) is 9.31. The largest absolute Gasteiger partial charge is 0.494 e. The third kappa shape index (κ3) is 5.48. The Morgan fingerprint density at radius 1 is 1.12 bits per heavy atom. The van der Waals surface area contributed by atoms with E-state index in [9.17, 15) is 19.5 Å². The van der Waals surface area contributed by atoms with Crippen LogP contribution in [0.3, 0.4) is 0 Å². The molecule has 0 fully saturated rings. The smallest absolute Gasteiger partial charge is 0.338 e. The van der Waals surface area contributed by atoms with Crippen LogP contribution in [0.25, 0.3) is 17.4 Å². The van der Waals surface area contributed by atoms with Gasteiger partial charge in [-0.05, 0) is 62.7 Å². The summed E-state index contributed by atoms with van der Waals surface area (Å²) in [6.45, 7) is 6.03. The molecule has 1 aliphatic rings. The minimum Gasteiger partial charge on any atom is -0.494 e. The van der Waals surface area contributed by atoms with Crippen LogP contribution in [0.15, 0.2) is 80.1 Å². The number of fused-ring (bicyclic) bond motifs is 1. The molecular formula is C30H25ClN2O7S. The Balaban J connectivity index is 1.59. The first-order chi connectivity index (χ1) is 19.7. The third-order valence-electron chi connectivity index (χ3n) is 6.41. The second-order valence-electron chi connectivity index (χ2n) is 9.01. The number of allylic oxidation sites excluding steroid dienone is 1. The lowest BCUT2D eigenvalue weighted by Gasteiger charge is -2.24. The lowest BCUT2D eigenvalue weighted by molar-refractivity contribution is -0.139. The Labute approximate surface area is 243 Å². The Morgan fingerprint density at radius 3 is 2.54 bits per heavy atom. The highest BCUT2D eigenvalue weighted by Gasteiger charge is 2.33. The molecule has 1 N–H and O–H groups in total. The fraction of sp³-hybridized carbons (Fsp3) is 0.200. The number of thiazole rings is 1. The maximum absolute atomic E-state index is 13.8. The average molecular weight is 593 g/mol. The normalized spacial score (nSPS) is 14.9. The molecule has 0 unspecified atom stereocenters. The maximum atomic E-state index is 13.8. The van der Waals surface area contributed by atoms with Gasteiger partial charge < -0.3 is 19.0 Å². The summed E-state index contributed by atoms with van der Waals surface area (Å²) >= 11 is 7.30. The number of nitrogens with zero attached hydrogens (tertiary/aromatic N) is 2. The number of carbonyl (C=O) groups excluding carboxylic acids is 1. The molecular weight excluding hydrogens is 568 g/mol. The fourth-order valence-electron chi connectivity index (χ4n) is 4.58. The first kappa shape index (κ1) is 28.1. The van der Waals surface area contributed by atoms with Crippen molar-refractivity contribution in [3.05, 3.63) is 107 Å². The Hall–Kier alpha value is -4.41. The molecule has 0 spiro atoms. The molecule has 2 aromatic heterocycles. The van der Waals surface area contributed by atoms with Gasteiger partial charge in [0.1, 0.15) is 17.3 Å². The topological polar surface area (TPSA) is 120 Å². The third-order valence-corrected chi connectivity index (χ3v) is 7.70. The number of aromatic carboxylic acids is 1. The highest BCUT2D eigenvalue weighted by Crippen LogP contribution is 2.32. The average Bonchev–Trinajstić information content (AvgIpc) is 3.52. The van der Waals surface area contributed by atoms with Crippen LogP contribution in [-0.2, 0) is 9.53 Å². The molecule has 0 radical (unpaired) electrons. The summed E-state index contributed by atoms with van der Waals surface area (Å²) in [4.78, 5) is 43.1. The SMILES string of the molecule is CCOC(=O)C1=C(C)N=c2s/c(=C\c3ccc(-c4ccc(C(=O)O)c(Cl)c4)o3)c(=O)n2[C@@H]1c1ccc(OCC)cc1. The quantitative estimate of drug-likeness (QED) is 0.292. The lowest BCUT2D eigenvalue weighted by atomic mass is 9.96. The molecule has 0 saturated carbocycles. The number of rotatable bonds is 8. The second-order valence-corrected chi connectivity index (χ2v) is 10.4. The van der Waals surface area contributed by atoms with Crippen LogP contribution in [-0.4, -0.2) is 34.8 Å². The van der Waals surface area contributed by atoms with Crippen molar-refractivity contribution in [2.75, 3.05) is 13.2 Å². The van der Waals surface area contributed by atoms with Crippen molar-refractivity contribution in [1.29, 1.82) is 0 Å². The van der Waals surface area contributed by atoms with Gasteiger partial charge >= 0.3 is 11.9 Å². The van der Waals surface area contributed by atoms with Crippen molar-refractivity contribution in [3.8, 4) is 17.1 Å². The monoisotopic (exact) mass is 592 g/mol. The zero-order valence-electron chi connectivity index (χ0n) is 22.3. The van der Waals surface area contributed by atoms with E-state index in [1.165, 1.54) is 28.0 Å². The van der Waals surface area contributed by atoms with Crippen molar-refractivity contribution < 1.29 is 28.6 Å². The molecule has 1 aliphatic heterocycles. The van der Waals surface area contributed by atoms with Gasteiger partial charge in [0.25, 0.3) is 5.56 Å². The highest BCUT2D eigenvalue weighted by atomic mass is 35.5. The number of aromatic nitrogens is 1. The summed E-state index contributed by atoms with van der Waals surface area (Å²) in [6.07, 6.45) is 1.61. The Morgan fingerprint density at radius 2 is 1.88 bits per heavy atom. The van der Waals surface area contributed by atoms with E-state index in [0.29, 0.717) is 50.0 Å². The summed E-state index contributed by atoms with van der Waals surface area (Å²) in [5.41, 5.74) is 1.71. The highest BCUT2D eigenvalue weighted by molar-refractivity contribution is 7.07. The predicted molar refractivity (Wildman–Crippen MR) is 154 cm³/mol. The summed E-state index contributed by atoms with van der Waals surface area (Å²) in [7, 11) is 0. The number of carbonyl (C=O) groups is 2. The zero-order chi connectivity index (χ0) is 29.3. The van der Waals surface area contributed by atoms with E-state index < -0.39 is 18.0 Å². The van der Waals surface area contributed by atoms with Crippen molar-refractivity contribution in [1.82, 2.24) is 4.57 Å². The second kappa shape index (κ2) is 11.6. The van der Waals surface area contributed by atoms with Gasteiger partial charge in [0.2, 0.25) is 0 Å².